The van der Waals surface area contributed by atoms with Crippen LogP contribution in [-0.4, -0.2) is 12.3 Å². The van der Waals surface area contributed by atoms with Crippen LogP contribution >= 0.6 is 0 Å². The molecule has 388 valence electrons. The van der Waals surface area contributed by atoms with Gasteiger partial charge in [-0.3, -0.25) is 0 Å². The quantitative estimate of drug-likeness (QED) is 0.154. The highest BCUT2D eigenvalue weighted by Gasteiger charge is 2.60. The molecule has 9 aromatic carbocycles. The molecule has 0 bridgehead atoms. The lowest BCUT2D eigenvalue weighted by Crippen LogP contribution is -2.61. The molecule has 0 saturated heterocycles. The lowest BCUT2D eigenvalue weighted by Gasteiger charge is -2.47. The molecule has 0 N–H and O–H groups in total. The van der Waals surface area contributed by atoms with E-state index in [2.05, 4.69) is 273 Å². The minimum atomic E-state index is -0.324. The molecule has 5 heteroatoms. The maximum absolute atomic E-state index is 15.8. The fourth-order valence-corrected chi connectivity index (χ4v) is 14.0. The Morgan fingerprint density at radius 1 is 0.410 bits per heavy atom. The van der Waals surface area contributed by atoms with E-state index < -0.39 is 0 Å². The Hall–Kier alpha value is -7.63. The minimum absolute atomic E-state index is 0.0856. The summed E-state index contributed by atoms with van der Waals surface area (Å²) in [4.78, 5) is 7.89. The van der Waals surface area contributed by atoms with E-state index in [1.54, 1.807) is 6.07 Å². The first kappa shape index (κ1) is 49.9. The monoisotopic (exact) mass is 1020 g/mol. The number of hydrogen-bond acceptors (Lipinski definition) is 3. The third-order valence-corrected chi connectivity index (χ3v) is 18.5. The molecule has 1 aliphatic carbocycles. The predicted molar refractivity (Wildman–Crippen MR) is 331 cm³/mol. The fraction of sp³-hybridized carbons (Fsp3) is 0.260. The molecule has 2 atom stereocenters. The average Bonchev–Trinajstić information content (AvgIpc) is 3.65. The van der Waals surface area contributed by atoms with Gasteiger partial charge in [-0.15, -0.1) is 0 Å². The van der Waals surface area contributed by atoms with Gasteiger partial charge in [-0.2, -0.15) is 0 Å². The van der Waals surface area contributed by atoms with Crippen LogP contribution in [0.1, 0.15) is 118 Å². The van der Waals surface area contributed by atoms with Crippen LogP contribution < -0.4 is 31.1 Å². The van der Waals surface area contributed by atoms with Gasteiger partial charge in [0.25, 0.3) is 6.71 Å². The van der Waals surface area contributed by atoms with Gasteiger partial charge >= 0.3 is 0 Å². The van der Waals surface area contributed by atoms with E-state index >= 15 is 4.39 Å². The van der Waals surface area contributed by atoms with Crippen molar-refractivity contribution in [2.24, 2.45) is 0 Å². The van der Waals surface area contributed by atoms with E-state index in [0.29, 0.717) is 0 Å². The van der Waals surface area contributed by atoms with Gasteiger partial charge < -0.3 is 14.7 Å². The standard InChI is InChI=1S/C73H71BFN3/c1-69(2,3)51-30-35-61(56(41-51)48-24-17-13-18-25-48)76-64-34-28-50(47-22-15-12-16-23-47)40-60(64)74-59-33-29-53(71(7,8)9)43-65(59)77(62-36-31-52(70(4,5)6)42-57(62)49-26-19-14-20-27-49)67-46-55(45-66(76)68(67)74)78-63-37-32-54(75)44-58(63)72(10)38-21-39-73(72,78)11/h12-20,22-37,40-46H,21,38-39H2,1-11H3. The number of benzene rings is 9. The Kier molecular flexibility index (Phi) is 11.3. The Bertz CT molecular complexity index is 3840. The molecule has 1 saturated carbocycles. The molecule has 3 aliphatic heterocycles. The van der Waals surface area contributed by atoms with Gasteiger partial charge in [0.2, 0.25) is 0 Å². The van der Waals surface area contributed by atoms with Crippen LogP contribution in [0.3, 0.4) is 0 Å². The summed E-state index contributed by atoms with van der Waals surface area (Å²) in [6.07, 6.45) is 3.05. The van der Waals surface area contributed by atoms with Crippen molar-refractivity contribution in [3.63, 3.8) is 0 Å². The van der Waals surface area contributed by atoms with Crippen molar-refractivity contribution in [1.82, 2.24) is 0 Å². The number of hydrogen-bond donors (Lipinski definition) is 0. The second kappa shape index (κ2) is 17.7. The van der Waals surface area contributed by atoms with Gasteiger partial charge in [0.05, 0.1) is 16.9 Å². The van der Waals surface area contributed by atoms with E-state index in [9.17, 15) is 0 Å². The van der Waals surface area contributed by atoms with Crippen molar-refractivity contribution in [2.45, 2.75) is 123 Å². The molecule has 2 unspecified atom stereocenters. The first-order valence-electron chi connectivity index (χ1n) is 28.4. The summed E-state index contributed by atoms with van der Waals surface area (Å²) >= 11 is 0. The van der Waals surface area contributed by atoms with E-state index in [-0.39, 0.29) is 39.7 Å². The maximum Gasteiger partial charge on any atom is 0.252 e. The third-order valence-electron chi connectivity index (χ3n) is 18.5. The molecule has 9 aromatic rings. The Balaban J connectivity index is 1.21. The van der Waals surface area contributed by atoms with Gasteiger partial charge in [-0.25, -0.2) is 4.39 Å². The Morgan fingerprint density at radius 2 is 0.897 bits per heavy atom. The summed E-state index contributed by atoms with van der Waals surface area (Å²) in [7, 11) is 0. The van der Waals surface area contributed by atoms with Crippen LogP contribution in [-0.2, 0) is 21.7 Å². The topological polar surface area (TPSA) is 9.72 Å². The van der Waals surface area contributed by atoms with E-state index in [1.165, 1.54) is 72.1 Å². The molecule has 0 aromatic heterocycles. The fourth-order valence-electron chi connectivity index (χ4n) is 14.0. The number of fused-ring (bicyclic) bond motifs is 7. The lowest BCUT2D eigenvalue weighted by atomic mass is 9.33. The molecule has 0 radical (unpaired) electrons. The largest absolute Gasteiger partial charge is 0.334 e. The SMILES string of the molecule is CC(C)(C)c1ccc(N2c3ccc(-c4ccccc4)cc3B3c4ccc(C(C)(C)C)cc4N(c4ccc(C(C)(C)C)cc4-c4ccccc4)c4cc(N5c6ccc(F)cc6C6(C)CCCC56C)cc2c43)c(-c2ccccc2)c1. The first-order valence-corrected chi connectivity index (χ1v) is 28.4. The molecule has 1 fully saturated rings. The van der Waals surface area contributed by atoms with Crippen molar-refractivity contribution in [3.05, 3.63) is 222 Å². The lowest BCUT2D eigenvalue weighted by molar-refractivity contribution is 0.330. The highest BCUT2D eigenvalue weighted by molar-refractivity contribution is 7.00. The normalized spacial score (nSPS) is 18.4. The second-order valence-electron chi connectivity index (χ2n) is 26.3. The van der Waals surface area contributed by atoms with Crippen LogP contribution in [0.4, 0.5) is 49.9 Å². The second-order valence-corrected chi connectivity index (χ2v) is 26.3. The summed E-state index contributed by atoms with van der Waals surface area (Å²) in [6.45, 7) is 25.6. The predicted octanol–water partition coefficient (Wildman–Crippen LogP) is 18.2. The highest BCUT2D eigenvalue weighted by atomic mass is 19.1. The summed E-state index contributed by atoms with van der Waals surface area (Å²) < 4.78 is 15.8. The molecule has 0 spiro atoms. The molecule has 13 rings (SSSR count). The molecule has 78 heavy (non-hydrogen) atoms. The molecular weight excluding hydrogens is 949 g/mol. The Labute approximate surface area is 463 Å². The summed E-state index contributed by atoms with van der Waals surface area (Å²) in [5.41, 5.74) is 24.1. The molecule has 4 aliphatic rings. The number of anilines is 8. The summed E-state index contributed by atoms with van der Waals surface area (Å²) in [5.74, 6) is -0.177. The maximum atomic E-state index is 15.8. The zero-order chi connectivity index (χ0) is 54.3. The van der Waals surface area contributed by atoms with Crippen LogP contribution in [0.25, 0.3) is 33.4 Å². The molecule has 3 nitrogen and oxygen atoms in total. The van der Waals surface area contributed by atoms with Gasteiger partial charge in [-0.1, -0.05) is 203 Å². The summed E-state index contributed by atoms with van der Waals surface area (Å²) in [6, 6.07) is 72.5. The van der Waals surface area contributed by atoms with Gasteiger partial charge in [-0.05, 0) is 164 Å². The van der Waals surface area contributed by atoms with E-state index in [1.807, 2.05) is 6.07 Å². The van der Waals surface area contributed by atoms with Gasteiger partial charge in [0.15, 0.2) is 0 Å². The zero-order valence-corrected chi connectivity index (χ0v) is 47.4. The van der Waals surface area contributed by atoms with Crippen molar-refractivity contribution >= 4 is 68.6 Å². The molecule has 3 heterocycles. The van der Waals surface area contributed by atoms with Crippen molar-refractivity contribution in [1.29, 1.82) is 0 Å². The number of rotatable bonds is 6. The number of halogens is 1. The van der Waals surface area contributed by atoms with Crippen LogP contribution in [0, 0.1) is 5.82 Å². The van der Waals surface area contributed by atoms with Crippen molar-refractivity contribution in [3.8, 4) is 33.4 Å². The Morgan fingerprint density at radius 3 is 1.45 bits per heavy atom. The zero-order valence-electron chi connectivity index (χ0n) is 47.4. The van der Waals surface area contributed by atoms with Gasteiger partial charge in [0.1, 0.15) is 5.82 Å². The van der Waals surface area contributed by atoms with Crippen LogP contribution in [0.2, 0.25) is 0 Å². The van der Waals surface area contributed by atoms with Crippen LogP contribution in [0.15, 0.2) is 194 Å². The van der Waals surface area contributed by atoms with E-state index in [4.69, 9.17) is 0 Å². The van der Waals surface area contributed by atoms with Crippen molar-refractivity contribution in [2.75, 3.05) is 14.7 Å². The van der Waals surface area contributed by atoms with Crippen molar-refractivity contribution < 1.29 is 4.39 Å². The highest BCUT2D eigenvalue weighted by Crippen LogP contribution is 2.63. The third kappa shape index (κ3) is 7.73. The van der Waals surface area contributed by atoms with E-state index in [0.717, 1.165) is 64.6 Å². The van der Waals surface area contributed by atoms with Gasteiger partial charge in [0, 0.05) is 50.7 Å². The summed E-state index contributed by atoms with van der Waals surface area (Å²) in [5, 5.41) is 0. The van der Waals surface area contributed by atoms with Crippen LogP contribution in [0.5, 0.6) is 0 Å². The first-order chi connectivity index (χ1) is 37.2. The minimum Gasteiger partial charge on any atom is -0.334 e. The number of nitrogens with zero attached hydrogens (tertiary/aromatic N) is 3. The molecule has 0 amide bonds. The average molecular weight is 1020 g/mol. The molecular formula is C73H71BFN3. The smallest absolute Gasteiger partial charge is 0.252 e.